The van der Waals surface area contributed by atoms with Gasteiger partial charge in [-0.05, 0) is 35.4 Å². The Hall–Kier alpha value is -1.18. The van der Waals surface area contributed by atoms with Crippen LogP contribution in [0.4, 0.5) is 0 Å². The first-order valence-corrected chi connectivity index (χ1v) is 6.92. The molecule has 0 atom stereocenters. The zero-order valence-corrected chi connectivity index (χ0v) is 12.7. The van der Waals surface area contributed by atoms with Gasteiger partial charge >= 0.3 is 0 Å². The van der Waals surface area contributed by atoms with E-state index in [1.807, 2.05) is 47.9 Å². The van der Waals surface area contributed by atoms with Crippen LogP contribution in [0.3, 0.4) is 0 Å². The second kappa shape index (κ2) is 5.21. The summed E-state index contributed by atoms with van der Waals surface area (Å²) in [6.07, 6.45) is 3.46. The fraction of sp³-hybridized carbons (Fsp3) is 0.417. The quantitative estimate of drug-likeness (QED) is 0.857. The van der Waals surface area contributed by atoms with Gasteiger partial charge in [-0.3, -0.25) is 4.79 Å². The maximum Gasteiger partial charge on any atom is 0.264 e. The van der Waals surface area contributed by atoms with E-state index in [0.29, 0.717) is 9.39 Å². The Morgan fingerprint density at radius 3 is 2.83 bits per heavy atom. The predicted octanol–water partition coefficient (Wildman–Crippen LogP) is 2.38. The molecule has 0 aliphatic carbocycles. The summed E-state index contributed by atoms with van der Waals surface area (Å²) in [5, 5.41) is 0. The third-order valence-electron chi connectivity index (χ3n) is 2.73. The Morgan fingerprint density at radius 1 is 1.50 bits per heavy atom. The summed E-state index contributed by atoms with van der Waals surface area (Å²) in [4.78, 5) is 23.4. The third kappa shape index (κ3) is 2.33. The number of aromatic nitrogens is 4. The Balaban J connectivity index is 2.63. The molecule has 0 radical (unpaired) electrons. The van der Waals surface area contributed by atoms with Crippen LogP contribution in [0.15, 0.2) is 17.3 Å². The Labute approximate surface area is 119 Å². The lowest BCUT2D eigenvalue weighted by molar-refractivity contribution is 0.754. The Bertz CT molecular complexity index is 615. The van der Waals surface area contributed by atoms with E-state index >= 15 is 0 Å². The highest BCUT2D eigenvalue weighted by molar-refractivity contribution is 14.1. The molecule has 0 fully saturated rings. The van der Waals surface area contributed by atoms with Crippen LogP contribution in [-0.4, -0.2) is 19.5 Å². The molecule has 2 rings (SSSR count). The van der Waals surface area contributed by atoms with Gasteiger partial charge in [-0.25, -0.2) is 9.97 Å². The first-order chi connectivity index (χ1) is 8.54. The van der Waals surface area contributed by atoms with Gasteiger partial charge in [-0.2, -0.15) is 0 Å². The number of halogens is 1. The molecule has 2 heterocycles. The maximum atomic E-state index is 11.9. The molecule has 0 aliphatic heterocycles. The van der Waals surface area contributed by atoms with Gasteiger partial charge in [0.15, 0.2) is 5.82 Å². The SMILES string of the molecule is CCn1cncc1-c1nc(C(C)C)c(I)c(=O)[nH]1. The lowest BCUT2D eigenvalue weighted by atomic mass is 10.1. The smallest absolute Gasteiger partial charge is 0.264 e. The zero-order chi connectivity index (χ0) is 13.3. The molecule has 96 valence electrons. The van der Waals surface area contributed by atoms with E-state index < -0.39 is 0 Å². The van der Waals surface area contributed by atoms with Crippen LogP contribution in [0.1, 0.15) is 32.4 Å². The Morgan fingerprint density at radius 2 is 2.22 bits per heavy atom. The summed E-state index contributed by atoms with van der Waals surface area (Å²) in [6.45, 7) is 6.89. The van der Waals surface area contributed by atoms with Crippen molar-refractivity contribution < 1.29 is 0 Å². The van der Waals surface area contributed by atoms with Crippen LogP contribution in [0, 0.1) is 3.57 Å². The van der Waals surface area contributed by atoms with Crippen molar-refractivity contribution in [2.45, 2.75) is 33.2 Å². The predicted molar refractivity (Wildman–Crippen MR) is 78.6 cm³/mol. The van der Waals surface area contributed by atoms with Crippen LogP contribution < -0.4 is 5.56 Å². The fourth-order valence-corrected chi connectivity index (χ4v) is 2.63. The molecule has 0 unspecified atom stereocenters. The molecular formula is C12H15IN4O. The number of hydrogen-bond acceptors (Lipinski definition) is 3. The molecule has 1 N–H and O–H groups in total. The van der Waals surface area contributed by atoms with Gasteiger partial charge in [0.25, 0.3) is 5.56 Å². The van der Waals surface area contributed by atoms with Crippen molar-refractivity contribution in [1.82, 2.24) is 19.5 Å². The molecule has 2 aromatic rings. The molecule has 0 spiro atoms. The summed E-state index contributed by atoms with van der Waals surface area (Å²) >= 11 is 2.04. The number of aryl methyl sites for hydroxylation is 1. The van der Waals surface area contributed by atoms with Crippen LogP contribution in [0.25, 0.3) is 11.5 Å². The summed E-state index contributed by atoms with van der Waals surface area (Å²) in [7, 11) is 0. The molecule has 0 bridgehead atoms. The number of rotatable bonds is 3. The van der Waals surface area contributed by atoms with Crippen molar-refractivity contribution in [2.24, 2.45) is 0 Å². The normalized spacial score (nSPS) is 11.2. The Kier molecular flexibility index (Phi) is 3.84. The molecule has 0 amide bonds. The van der Waals surface area contributed by atoms with Crippen molar-refractivity contribution in [3.05, 3.63) is 32.1 Å². The van der Waals surface area contributed by atoms with Crippen molar-refractivity contribution in [3.8, 4) is 11.5 Å². The summed E-state index contributed by atoms with van der Waals surface area (Å²) in [5.74, 6) is 0.805. The van der Waals surface area contributed by atoms with Crippen LogP contribution in [-0.2, 0) is 6.54 Å². The van der Waals surface area contributed by atoms with E-state index in [9.17, 15) is 4.79 Å². The van der Waals surface area contributed by atoms with E-state index in [-0.39, 0.29) is 11.5 Å². The first-order valence-electron chi connectivity index (χ1n) is 5.84. The molecule has 0 saturated carbocycles. The summed E-state index contributed by atoms with van der Waals surface area (Å²) in [6, 6.07) is 0. The molecular weight excluding hydrogens is 343 g/mol. The molecule has 5 nitrogen and oxygen atoms in total. The highest BCUT2D eigenvalue weighted by atomic mass is 127. The van der Waals surface area contributed by atoms with Crippen LogP contribution in [0.5, 0.6) is 0 Å². The monoisotopic (exact) mass is 358 g/mol. The van der Waals surface area contributed by atoms with Crippen molar-refractivity contribution in [2.75, 3.05) is 0 Å². The van der Waals surface area contributed by atoms with Gasteiger partial charge in [-0.15, -0.1) is 0 Å². The van der Waals surface area contributed by atoms with E-state index in [2.05, 4.69) is 15.0 Å². The third-order valence-corrected chi connectivity index (χ3v) is 3.77. The summed E-state index contributed by atoms with van der Waals surface area (Å²) in [5.41, 5.74) is 1.58. The number of imidazole rings is 1. The summed E-state index contributed by atoms with van der Waals surface area (Å²) < 4.78 is 2.61. The minimum atomic E-state index is -0.0897. The standard InChI is InChI=1S/C12H15IN4O/c1-4-17-6-14-5-8(17)11-15-10(7(2)3)9(13)12(18)16-11/h5-7H,4H2,1-3H3,(H,15,16,18). The van der Waals surface area contributed by atoms with Gasteiger partial charge in [0.1, 0.15) is 5.69 Å². The van der Waals surface area contributed by atoms with E-state index in [0.717, 1.165) is 17.9 Å². The lowest BCUT2D eigenvalue weighted by Gasteiger charge is -2.10. The lowest BCUT2D eigenvalue weighted by Crippen LogP contribution is -2.18. The maximum absolute atomic E-state index is 11.9. The average molecular weight is 358 g/mol. The van der Waals surface area contributed by atoms with Gasteiger partial charge < -0.3 is 9.55 Å². The van der Waals surface area contributed by atoms with Gasteiger partial charge in [0.2, 0.25) is 0 Å². The number of nitrogens with zero attached hydrogens (tertiary/aromatic N) is 3. The van der Waals surface area contributed by atoms with E-state index in [1.165, 1.54) is 0 Å². The molecule has 0 aromatic carbocycles. The fourth-order valence-electron chi connectivity index (χ4n) is 1.75. The molecule has 6 heteroatoms. The van der Waals surface area contributed by atoms with E-state index in [4.69, 9.17) is 0 Å². The van der Waals surface area contributed by atoms with Crippen LogP contribution >= 0.6 is 22.6 Å². The minimum Gasteiger partial charge on any atom is -0.328 e. The van der Waals surface area contributed by atoms with E-state index in [1.54, 1.807) is 12.5 Å². The minimum absolute atomic E-state index is 0.0897. The second-order valence-electron chi connectivity index (χ2n) is 4.33. The topological polar surface area (TPSA) is 63.6 Å². The number of H-pyrrole nitrogens is 1. The first kappa shape index (κ1) is 13.3. The van der Waals surface area contributed by atoms with Gasteiger partial charge in [0.05, 0.1) is 21.8 Å². The molecule has 2 aromatic heterocycles. The van der Waals surface area contributed by atoms with Crippen molar-refractivity contribution >= 4 is 22.6 Å². The van der Waals surface area contributed by atoms with Gasteiger partial charge in [0, 0.05) is 6.54 Å². The number of aromatic amines is 1. The van der Waals surface area contributed by atoms with Crippen molar-refractivity contribution in [3.63, 3.8) is 0 Å². The number of hydrogen-bond donors (Lipinski definition) is 1. The average Bonchev–Trinajstić information content (AvgIpc) is 2.80. The zero-order valence-electron chi connectivity index (χ0n) is 10.6. The molecule has 0 saturated heterocycles. The number of nitrogens with one attached hydrogen (secondary N) is 1. The second-order valence-corrected chi connectivity index (χ2v) is 5.41. The largest absolute Gasteiger partial charge is 0.328 e. The molecule has 18 heavy (non-hydrogen) atoms. The molecule has 0 aliphatic rings. The van der Waals surface area contributed by atoms with Gasteiger partial charge in [-0.1, -0.05) is 13.8 Å². The van der Waals surface area contributed by atoms with Crippen LogP contribution in [0.2, 0.25) is 0 Å². The highest BCUT2D eigenvalue weighted by Crippen LogP contribution is 2.20. The van der Waals surface area contributed by atoms with Crippen molar-refractivity contribution in [1.29, 1.82) is 0 Å². The highest BCUT2D eigenvalue weighted by Gasteiger charge is 2.14.